The Morgan fingerprint density at radius 2 is 1.51 bits per heavy atom. The summed E-state index contributed by atoms with van der Waals surface area (Å²) in [6, 6.07) is 24.6. The number of carbonyl (C=O) groups is 2. The van der Waals surface area contributed by atoms with Crippen molar-refractivity contribution in [1.82, 2.24) is 15.2 Å². The first-order chi connectivity index (χ1) is 17.1. The average molecular weight is 483 g/mol. The number of amides is 1. The van der Waals surface area contributed by atoms with Crippen LogP contribution in [0.2, 0.25) is 0 Å². The number of nitrogens with one attached hydrogen (secondary N) is 2. The molecule has 8 nitrogen and oxygen atoms in total. The second-order valence-electron chi connectivity index (χ2n) is 7.55. The quantitative estimate of drug-likeness (QED) is 0.344. The second-order valence-corrected chi connectivity index (χ2v) is 8.41. The van der Waals surface area contributed by atoms with Crippen molar-refractivity contribution in [1.29, 1.82) is 0 Å². The van der Waals surface area contributed by atoms with Crippen LogP contribution in [0.3, 0.4) is 0 Å². The van der Waals surface area contributed by atoms with Gasteiger partial charge in [-0.15, -0.1) is 11.3 Å². The summed E-state index contributed by atoms with van der Waals surface area (Å²) in [5.74, 6) is -1.35. The monoisotopic (exact) mass is 482 g/mol. The molecule has 0 atom stereocenters. The maximum Gasteiger partial charge on any atom is 0.359 e. The van der Waals surface area contributed by atoms with Crippen LogP contribution in [0.1, 0.15) is 10.5 Å². The number of fused-ring (bicyclic) bond motifs is 1. The topological polar surface area (TPSA) is 114 Å². The Hall–Kier alpha value is -4.63. The van der Waals surface area contributed by atoms with Crippen LogP contribution in [0.25, 0.3) is 33.2 Å². The Kier molecular flexibility index (Phi) is 6.15. The summed E-state index contributed by atoms with van der Waals surface area (Å²) in [4.78, 5) is 41.1. The maximum atomic E-state index is 12.4. The van der Waals surface area contributed by atoms with E-state index in [-0.39, 0.29) is 5.69 Å². The molecule has 0 radical (unpaired) electrons. The summed E-state index contributed by atoms with van der Waals surface area (Å²) in [6.45, 7) is -0.519. The van der Waals surface area contributed by atoms with Crippen LogP contribution < -0.4 is 10.9 Å². The number of hydrogen-bond acceptors (Lipinski definition) is 7. The number of thiazole rings is 1. The van der Waals surface area contributed by atoms with Crippen LogP contribution in [0, 0.1) is 0 Å². The van der Waals surface area contributed by atoms with Gasteiger partial charge in [-0.3, -0.25) is 14.9 Å². The number of anilines is 1. The molecule has 1 amide bonds. The lowest BCUT2D eigenvalue weighted by molar-refractivity contribution is -0.119. The van der Waals surface area contributed by atoms with Crippen LogP contribution in [-0.2, 0) is 9.53 Å². The molecule has 172 valence electrons. The minimum atomic E-state index is -0.814. The number of carbonyl (C=O) groups excluding carboxylic acids is 2. The van der Waals surface area contributed by atoms with Crippen molar-refractivity contribution in [2.24, 2.45) is 0 Å². The van der Waals surface area contributed by atoms with E-state index in [9.17, 15) is 14.4 Å². The number of hydrogen-bond donors (Lipinski definition) is 2. The zero-order valence-corrected chi connectivity index (χ0v) is 19.0. The smallest absolute Gasteiger partial charge is 0.359 e. The van der Waals surface area contributed by atoms with Gasteiger partial charge in [0.1, 0.15) is 0 Å². The summed E-state index contributed by atoms with van der Waals surface area (Å²) in [7, 11) is 0. The Morgan fingerprint density at radius 1 is 0.857 bits per heavy atom. The van der Waals surface area contributed by atoms with Crippen molar-refractivity contribution in [3.05, 3.63) is 100 Å². The first-order valence-electron chi connectivity index (χ1n) is 10.6. The molecule has 5 aromatic rings. The summed E-state index contributed by atoms with van der Waals surface area (Å²) in [6.07, 6.45) is 0. The summed E-state index contributed by atoms with van der Waals surface area (Å²) < 4.78 is 5.10. The lowest BCUT2D eigenvalue weighted by Gasteiger charge is -2.06. The molecule has 2 heterocycles. The number of benzene rings is 3. The largest absolute Gasteiger partial charge is 0.451 e. The number of H-pyrrole nitrogens is 1. The van der Waals surface area contributed by atoms with Gasteiger partial charge in [0.15, 0.2) is 17.4 Å². The van der Waals surface area contributed by atoms with Crippen molar-refractivity contribution >= 4 is 39.1 Å². The van der Waals surface area contributed by atoms with E-state index in [2.05, 4.69) is 20.5 Å². The molecule has 0 aliphatic heterocycles. The molecule has 0 spiro atoms. The van der Waals surface area contributed by atoms with Crippen LogP contribution in [0.5, 0.6) is 0 Å². The van der Waals surface area contributed by atoms with E-state index in [4.69, 9.17) is 4.74 Å². The normalized spacial score (nSPS) is 10.7. The first kappa shape index (κ1) is 22.2. The fourth-order valence-corrected chi connectivity index (χ4v) is 4.29. The third kappa shape index (κ3) is 4.85. The highest BCUT2D eigenvalue weighted by molar-refractivity contribution is 7.14. The van der Waals surface area contributed by atoms with Crippen LogP contribution in [0.4, 0.5) is 5.13 Å². The van der Waals surface area contributed by atoms with Gasteiger partial charge in [-0.1, -0.05) is 72.8 Å². The standard InChI is InChI=1S/C26H18N4O4S/c31-22(14-34-25(33)23-19-8-4-5-9-20(19)24(32)30-29-23)28-26-27-21(15-35-26)18-12-10-17(11-13-18)16-6-2-1-3-7-16/h1-13,15H,14H2,(H,30,32)(H,27,28,31). The van der Waals surface area contributed by atoms with Gasteiger partial charge in [0.05, 0.1) is 11.1 Å². The van der Waals surface area contributed by atoms with Crippen molar-refractivity contribution < 1.29 is 14.3 Å². The van der Waals surface area contributed by atoms with Crippen molar-refractivity contribution in [2.45, 2.75) is 0 Å². The maximum absolute atomic E-state index is 12.4. The molecule has 0 fully saturated rings. The Balaban J connectivity index is 1.21. The molecule has 0 aliphatic rings. The van der Waals surface area contributed by atoms with E-state index in [1.54, 1.807) is 24.3 Å². The van der Waals surface area contributed by atoms with E-state index in [0.29, 0.717) is 15.9 Å². The number of nitrogens with zero attached hydrogens (tertiary/aromatic N) is 2. The Labute approximate surface area is 203 Å². The molecule has 0 aliphatic carbocycles. The van der Waals surface area contributed by atoms with Gasteiger partial charge >= 0.3 is 5.97 Å². The highest BCUT2D eigenvalue weighted by Gasteiger charge is 2.17. The summed E-state index contributed by atoms with van der Waals surface area (Å²) in [5, 5.41) is 11.6. The predicted molar refractivity (Wildman–Crippen MR) is 134 cm³/mol. The van der Waals surface area contributed by atoms with E-state index in [1.165, 1.54) is 11.3 Å². The van der Waals surface area contributed by atoms with E-state index >= 15 is 0 Å². The Morgan fingerprint density at radius 3 is 2.29 bits per heavy atom. The highest BCUT2D eigenvalue weighted by atomic mass is 32.1. The molecule has 0 saturated carbocycles. The van der Waals surface area contributed by atoms with E-state index in [1.807, 2.05) is 60.0 Å². The molecule has 0 unspecified atom stereocenters. The number of aromatic nitrogens is 3. The molecule has 2 N–H and O–H groups in total. The Bertz CT molecular complexity index is 1580. The summed E-state index contributed by atoms with van der Waals surface area (Å²) >= 11 is 1.27. The fourth-order valence-electron chi connectivity index (χ4n) is 3.55. The van der Waals surface area contributed by atoms with Gasteiger partial charge in [-0.25, -0.2) is 14.9 Å². The second kappa shape index (κ2) is 9.70. The number of rotatable bonds is 6. The van der Waals surface area contributed by atoms with Crippen molar-refractivity contribution in [3.63, 3.8) is 0 Å². The minimum absolute atomic E-state index is 0.0662. The van der Waals surface area contributed by atoms with Gasteiger partial charge in [0.2, 0.25) is 0 Å². The zero-order chi connectivity index (χ0) is 24.2. The molecule has 0 bridgehead atoms. The van der Waals surface area contributed by atoms with Gasteiger partial charge in [0.25, 0.3) is 11.5 Å². The van der Waals surface area contributed by atoms with Gasteiger partial charge < -0.3 is 4.74 Å². The fraction of sp³-hybridized carbons (Fsp3) is 0.0385. The van der Waals surface area contributed by atoms with Crippen molar-refractivity contribution in [3.8, 4) is 22.4 Å². The molecule has 5 rings (SSSR count). The molecule has 3 aromatic carbocycles. The lowest BCUT2D eigenvalue weighted by atomic mass is 10.0. The molecule has 2 aromatic heterocycles. The molecule has 9 heteroatoms. The van der Waals surface area contributed by atoms with Crippen LogP contribution >= 0.6 is 11.3 Å². The third-order valence-electron chi connectivity index (χ3n) is 5.26. The van der Waals surface area contributed by atoms with Gasteiger partial charge in [-0.05, 0) is 17.2 Å². The van der Waals surface area contributed by atoms with E-state index in [0.717, 1.165) is 22.4 Å². The zero-order valence-electron chi connectivity index (χ0n) is 18.2. The number of esters is 1. The molecule has 0 saturated heterocycles. The van der Waals surface area contributed by atoms with Gasteiger partial charge in [0, 0.05) is 16.3 Å². The molecular weight excluding hydrogens is 464 g/mol. The molecular formula is C26H18N4O4S. The highest BCUT2D eigenvalue weighted by Crippen LogP contribution is 2.27. The van der Waals surface area contributed by atoms with E-state index < -0.39 is 24.0 Å². The average Bonchev–Trinajstić information content (AvgIpc) is 3.36. The number of aromatic amines is 1. The third-order valence-corrected chi connectivity index (χ3v) is 6.02. The first-order valence-corrected chi connectivity index (χ1v) is 11.5. The lowest BCUT2D eigenvalue weighted by Crippen LogP contribution is -2.22. The molecule has 35 heavy (non-hydrogen) atoms. The van der Waals surface area contributed by atoms with Crippen LogP contribution in [-0.4, -0.2) is 33.7 Å². The summed E-state index contributed by atoms with van der Waals surface area (Å²) in [5.41, 5.74) is 3.40. The van der Waals surface area contributed by atoms with Gasteiger partial charge in [-0.2, -0.15) is 5.10 Å². The van der Waals surface area contributed by atoms with Crippen molar-refractivity contribution in [2.75, 3.05) is 11.9 Å². The minimum Gasteiger partial charge on any atom is -0.451 e. The van der Waals surface area contributed by atoms with Crippen LogP contribution in [0.15, 0.2) is 89.0 Å². The predicted octanol–water partition coefficient (Wildman–Crippen LogP) is 4.51. The number of ether oxygens (including phenoxy) is 1. The SMILES string of the molecule is O=C(COC(=O)c1n[nH]c(=O)c2ccccc12)Nc1nc(-c2ccc(-c3ccccc3)cc2)cs1.